The van der Waals surface area contributed by atoms with E-state index in [9.17, 15) is 5.11 Å². The molecule has 0 aromatic heterocycles. The van der Waals surface area contributed by atoms with Gasteiger partial charge in [0, 0.05) is 26.2 Å². The largest absolute Gasteiger partial charge is 0.496 e. The molecule has 4 heteroatoms. The second-order valence-electron chi connectivity index (χ2n) is 5.17. The molecule has 3 nitrogen and oxygen atoms in total. The van der Waals surface area contributed by atoms with Gasteiger partial charge in [-0.3, -0.25) is 0 Å². The van der Waals surface area contributed by atoms with Gasteiger partial charge in [-0.25, -0.2) is 0 Å². The Morgan fingerprint density at radius 2 is 1.81 bits per heavy atom. The van der Waals surface area contributed by atoms with Crippen molar-refractivity contribution in [2.45, 2.75) is 12.5 Å². The number of methoxy groups -OCH3 is 1. The Bertz CT molecular complexity index is 596. The topological polar surface area (TPSA) is 32.7 Å². The lowest BCUT2D eigenvalue weighted by Gasteiger charge is -2.15. The Labute approximate surface area is 134 Å². The summed E-state index contributed by atoms with van der Waals surface area (Å²) in [5, 5.41) is 10.4. The summed E-state index contributed by atoms with van der Waals surface area (Å²) in [6.45, 7) is 0. The predicted molar refractivity (Wildman–Crippen MR) is 90.1 cm³/mol. The van der Waals surface area contributed by atoms with Crippen molar-refractivity contribution in [2.24, 2.45) is 0 Å². The Hall–Kier alpha value is -1.52. The maximum atomic E-state index is 10.4. The Kier molecular flexibility index (Phi) is 5.26. The van der Waals surface area contributed by atoms with Crippen molar-refractivity contribution in [1.29, 1.82) is 0 Å². The fraction of sp³-hybridized carbons (Fsp3) is 0.294. The van der Waals surface area contributed by atoms with Gasteiger partial charge in [-0.2, -0.15) is 0 Å². The van der Waals surface area contributed by atoms with Crippen LogP contribution in [-0.4, -0.2) is 26.3 Å². The van der Waals surface area contributed by atoms with E-state index < -0.39 is 6.10 Å². The maximum absolute atomic E-state index is 10.4. The Morgan fingerprint density at radius 1 is 1.14 bits per heavy atom. The number of nitrogens with zero attached hydrogens (tertiary/aromatic N) is 1. The number of halogens is 1. The molecule has 2 rings (SSSR count). The molecule has 0 aliphatic rings. The van der Waals surface area contributed by atoms with Gasteiger partial charge in [-0.15, -0.1) is 0 Å². The number of aliphatic hydroxyl groups is 1. The molecule has 112 valence electrons. The molecule has 0 bridgehead atoms. The third-order valence-electron chi connectivity index (χ3n) is 3.44. The maximum Gasteiger partial charge on any atom is 0.133 e. The average Bonchev–Trinajstić information content (AvgIpc) is 2.47. The number of hydrogen-bond acceptors (Lipinski definition) is 3. The van der Waals surface area contributed by atoms with Gasteiger partial charge < -0.3 is 14.7 Å². The molecule has 0 saturated carbocycles. The second kappa shape index (κ2) is 6.96. The van der Waals surface area contributed by atoms with Crippen LogP contribution in [0.2, 0.25) is 0 Å². The van der Waals surface area contributed by atoms with E-state index in [2.05, 4.69) is 15.9 Å². The zero-order chi connectivity index (χ0) is 15.4. The van der Waals surface area contributed by atoms with Crippen molar-refractivity contribution in [3.05, 3.63) is 58.1 Å². The third-order valence-corrected chi connectivity index (χ3v) is 4.06. The fourth-order valence-corrected chi connectivity index (χ4v) is 2.76. The summed E-state index contributed by atoms with van der Waals surface area (Å²) in [7, 11) is 5.64. The van der Waals surface area contributed by atoms with E-state index in [0.29, 0.717) is 6.42 Å². The molecule has 1 N–H and O–H groups in total. The van der Waals surface area contributed by atoms with E-state index in [0.717, 1.165) is 27.0 Å². The molecule has 0 amide bonds. The predicted octanol–water partition coefficient (Wildman–Crippen LogP) is 3.80. The first-order valence-electron chi connectivity index (χ1n) is 6.79. The third kappa shape index (κ3) is 3.99. The van der Waals surface area contributed by atoms with Crippen LogP contribution in [0.4, 0.5) is 5.69 Å². The van der Waals surface area contributed by atoms with Crippen LogP contribution < -0.4 is 9.64 Å². The highest BCUT2D eigenvalue weighted by atomic mass is 79.9. The molecule has 0 aliphatic carbocycles. The van der Waals surface area contributed by atoms with Gasteiger partial charge in [-0.05, 0) is 51.3 Å². The second-order valence-corrected chi connectivity index (χ2v) is 6.03. The highest BCUT2D eigenvalue weighted by Crippen LogP contribution is 2.28. The summed E-state index contributed by atoms with van der Waals surface area (Å²) >= 11 is 3.47. The van der Waals surface area contributed by atoms with Gasteiger partial charge in [-0.1, -0.05) is 18.2 Å². The Balaban J connectivity index is 2.10. The molecule has 0 spiro atoms. The fourth-order valence-electron chi connectivity index (χ4n) is 2.17. The van der Waals surface area contributed by atoms with E-state index in [-0.39, 0.29) is 0 Å². The molecule has 0 aliphatic heterocycles. The normalized spacial score (nSPS) is 12.0. The van der Waals surface area contributed by atoms with E-state index in [4.69, 9.17) is 4.74 Å². The van der Waals surface area contributed by atoms with Crippen molar-refractivity contribution in [3.63, 3.8) is 0 Å². The van der Waals surface area contributed by atoms with Crippen LogP contribution in [0.1, 0.15) is 17.2 Å². The van der Waals surface area contributed by atoms with Crippen molar-refractivity contribution in [3.8, 4) is 5.75 Å². The number of benzene rings is 2. The first-order valence-corrected chi connectivity index (χ1v) is 7.58. The molecule has 2 aromatic rings. The molecule has 0 radical (unpaired) electrons. The van der Waals surface area contributed by atoms with Crippen LogP contribution in [-0.2, 0) is 6.42 Å². The van der Waals surface area contributed by atoms with Gasteiger partial charge >= 0.3 is 0 Å². The molecule has 2 aromatic carbocycles. The number of rotatable bonds is 5. The SMILES string of the molecule is COc1ccc(CC(O)c2ccc(N(C)C)cc2)cc1Br. The molecular formula is C17H20BrNO2. The van der Waals surface area contributed by atoms with Gasteiger partial charge in [0.2, 0.25) is 0 Å². The van der Waals surface area contributed by atoms with Crippen LogP contribution in [0.3, 0.4) is 0 Å². The number of aliphatic hydroxyl groups excluding tert-OH is 1. The smallest absolute Gasteiger partial charge is 0.133 e. The van der Waals surface area contributed by atoms with E-state index in [1.807, 2.05) is 61.5 Å². The molecular weight excluding hydrogens is 330 g/mol. The highest BCUT2D eigenvalue weighted by molar-refractivity contribution is 9.10. The van der Waals surface area contributed by atoms with E-state index in [1.54, 1.807) is 7.11 Å². The van der Waals surface area contributed by atoms with Crippen LogP contribution in [0.5, 0.6) is 5.75 Å². The molecule has 0 heterocycles. The quantitative estimate of drug-likeness (QED) is 0.890. The lowest BCUT2D eigenvalue weighted by atomic mass is 10.0. The summed E-state index contributed by atoms with van der Waals surface area (Å²) in [6, 6.07) is 13.8. The van der Waals surface area contributed by atoms with Gasteiger partial charge in [0.1, 0.15) is 5.75 Å². The zero-order valence-electron chi connectivity index (χ0n) is 12.5. The van der Waals surface area contributed by atoms with E-state index in [1.165, 1.54) is 0 Å². The lowest BCUT2D eigenvalue weighted by Crippen LogP contribution is -2.09. The van der Waals surface area contributed by atoms with Crippen LogP contribution in [0.25, 0.3) is 0 Å². The molecule has 0 saturated heterocycles. The lowest BCUT2D eigenvalue weighted by molar-refractivity contribution is 0.178. The average molecular weight is 350 g/mol. The number of ether oxygens (including phenoxy) is 1. The van der Waals surface area contributed by atoms with E-state index >= 15 is 0 Å². The highest BCUT2D eigenvalue weighted by Gasteiger charge is 2.10. The van der Waals surface area contributed by atoms with Crippen LogP contribution in [0.15, 0.2) is 46.9 Å². The molecule has 1 atom stereocenters. The molecule has 21 heavy (non-hydrogen) atoms. The minimum atomic E-state index is -0.512. The summed E-state index contributed by atoms with van der Waals surface area (Å²) in [5.74, 6) is 0.795. The molecule has 0 fully saturated rings. The van der Waals surface area contributed by atoms with Gasteiger partial charge in [0.25, 0.3) is 0 Å². The minimum absolute atomic E-state index is 0.512. The summed E-state index contributed by atoms with van der Waals surface area (Å²) < 4.78 is 6.11. The summed E-state index contributed by atoms with van der Waals surface area (Å²) in [6.07, 6.45) is 0.0608. The summed E-state index contributed by atoms with van der Waals surface area (Å²) in [4.78, 5) is 2.04. The zero-order valence-corrected chi connectivity index (χ0v) is 14.1. The van der Waals surface area contributed by atoms with Crippen molar-refractivity contribution in [2.75, 3.05) is 26.1 Å². The van der Waals surface area contributed by atoms with Crippen LogP contribution >= 0.6 is 15.9 Å². The first kappa shape index (κ1) is 15.9. The van der Waals surface area contributed by atoms with Gasteiger partial charge in [0.15, 0.2) is 0 Å². The van der Waals surface area contributed by atoms with Crippen LogP contribution in [0, 0.1) is 0 Å². The minimum Gasteiger partial charge on any atom is -0.496 e. The number of hydrogen-bond donors (Lipinski definition) is 1. The van der Waals surface area contributed by atoms with Crippen molar-refractivity contribution < 1.29 is 9.84 Å². The van der Waals surface area contributed by atoms with Crippen molar-refractivity contribution >= 4 is 21.6 Å². The standard InChI is InChI=1S/C17H20BrNO2/c1-19(2)14-7-5-13(6-8-14)16(20)11-12-4-9-17(21-3)15(18)10-12/h4-10,16,20H,11H2,1-3H3. The molecule has 1 unspecified atom stereocenters. The number of anilines is 1. The Morgan fingerprint density at radius 3 is 2.33 bits per heavy atom. The van der Waals surface area contributed by atoms with Gasteiger partial charge in [0.05, 0.1) is 17.7 Å². The first-order chi connectivity index (χ1) is 10.0. The summed E-state index contributed by atoms with van der Waals surface area (Å²) in [5.41, 5.74) is 3.11. The monoisotopic (exact) mass is 349 g/mol. The van der Waals surface area contributed by atoms with Crippen molar-refractivity contribution in [1.82, 2.24) is 0 Å².